The average Bonchev–Trinajstić information content (AvgIpc) is 3.04. The molecule has 0 fully saturated rings. The lowest BCUT2D eigenvalue weighted by atomic mass is 10.1. The molecule has 3 rings (SSSR count). The molecule has 3 aromatic rings. The third-order valence-corrected chi connectivity index (χ3v) is 4.99. The Morgan fingerprint density at radius 1 is 1.20 bits per heavy atom. The largest absolute Gasteiger partial charge is 0.489 e. The van der Waals surface area contributed by atoms with Crippen LogP contribution in [-0.4, -0.2) is 36.6 Å². The van der Waals surface area contributed by atoms with E-state index in [9.17, 15) is 9.18 Å². The molecule has 158 valence electrons. The molecular formula is C23H26FN3O3. The summed E-state index contributed by atoms with van der Waals surface area (Å²) in [4.78, 5) is 14.5. The smallest absolute Gasteiger partial charge is 0.251 e. The van der Waals surface area contributed by atoms with Gasteiger partial charge in [-0.2, -0.15) is 0 Å². The average molecular weight is 411 g/mol. The summed E-state index contributed by atoms with van der Waals surface area (Å²) in [6.07, 6.45) is 0. The van der Waals surface area contributed by atoms with Crippen LogP contribution in [0.25, 0.3) is 0 Å². The number of benzene rings is 2. The Labute approximate surface area is 175 Å². The molecule has 1 atom stereocenters. The van der Waals surface area contributed by atoms with Gasteiger partial charge in [0.2, 0.25) is 0 Å². The van der Waals surface area contributed by atoms with Gasteiger partial charge in [-0.15, -0.1) is 0 Å². The van der Waals surface area contributed by atoms with E-state index in [1.54, 1.807) is 30.3 Å². The first kappa shape index (κ1) is 21.5. The first-order valence-electron chi connectivity index (χ1n) is 9.70. The number of rotatable bonds is 8. The van der Waals surface area contributed by atoms with Crippen molar-refractivity contribution in [2.24, 2.45) is 0 Å². The highest BCUT2D eigenvalue weighted by Crippen LogP contribution is 2.20. The van der Waals surface area contributed by atoms with Crippen LogP contribution in [0.5, 0.6) is 5.75 Å². The molecule has 30 heavy (non-hydrogen) atoms. The van der Waals surface area contributed by atoms with Crippen LogP contribution in [0.15, 0.2) is 53.1 Å². The molecule has 0 saturated carbocycles. The molecule has 0 radical (unpaired) electrons. The number of aromatic nitrogens is 1. The number of nitrogens with one attached hydrogen (secondary N) is 1. The summed E-state index contributed by atoms with van der Waals surface area (Å²) in [7, 11) is 3.79. The Morgan fingerprint density at radius 2 is 1.93 bits per heavy atom. The van der Waals surface area contributed by atoms with Crippen LogP contribution in [0.4, 0.5) is 4.39 Å². The molecule has 1 N–H and O–H groups in total. The third kappa shape index (κ3) is 5.24. The quantitative estimate of drug-likeness (QED) is 0.606. The minimum Gasteiger partial charge on any atom is -0.489 e. The summed E-state index contributed by atoms with van der Waals surface area (Å²) in [5, 5.41) is 6.83. The van der Waals surface area contributed by atoms with Crippen LogP contribution in [-0.2, 0) is 6.61 Å². The molecule has 1 amide bonds. The number of likely N-dealkylation sites (N-methyl/N-ethyl adjacent to an activating group) is 1. The van der Waals surface area contributed by atoms with Crippen molar-refractivity contribution in [3.05, 3.63) is 82.5 Å². The highest BCUT2D eigenvalue weighted by Gasteiger charge is 2.17. The second-order valence-electron chi connectivity index (χ2n) is 7.36. The lowest BCUT2D eigenvalue weighted by Crippen LogP contribution is -2.34. The number of ether oxygens (including phenoxy) is 1. The van der Waals surface area contributed by atoms with Crippen molar-refractivity contribution in [2.75, 3.05) is 20.6 Å². The second-order valence-corrected chi connectivity index (χ2v) is 7.36. The van der Waals surface area contributed by atoms with Crippen LogP contribution in [0.2, 0.25) is 0 Å². The van der Waals surface area contributed by atoms with Gasteiger partial charge in [0.05, 0.1) is 17.3 Å². The van der Waals surface area contributed by atoms with Crippen LogP contribution >= 0.6 is 0 Å². The number of nitrogens with zero attached hydrogens (tertiary/aromatic N) is 2. The predicted molar refractivity (Wildman–Crippen MR) is 112 cm³/mol. The number of hydrogen-bond donors (Lipinski definition) is 1. The van der Waals surface area contributed by atoms with Crippen molar-refractivity contribution in [3.8, 4) is 5.75 Å². The highest BCUT2D eigenvalue weighted by molar-refractivity contribution is 5.94. The third-order valence-electron chi connectivity index (χ3n) is 4.99. The van der Waals surface area contributed by atoms with Gasteiger partial charge in [0, 0.05) is 12.1 Å². The minimum absolute atomic E-state index is 0.137. The molecule has 0 bridgehead atoms. The summed E-state index contributed by atoms with van der Waals surface area (Å²) >= 11 is 0. The molecule has 0 aliphatic rings. The van der Waals surface area contributed by atoms with Gasteiger partial charge in [-0.3, -0.25) is 4.79 Å². The van der Waals surface area contributed by atoms with E-state index in [1.165, 1.54) is 12.1 Å². The van der Waals surface area contributed by atoms with Crippen molar-refractivity contribution in [2.45, 2.75) is 26.5 Å². The molecular weight excluding hydrogens is 385 g/mol. The Hall–Kier alpha value is -3.19. The standard InChI is InChI=1S/C23H26FN3O3/c1-15-21(16(2)30-26-15)14-29-20-10-8-17(9-11-20)23(28)25-13-22(27(3)4)18-6-5-7-19(24)12-18/h5-12,22H,13-14H2,1-4H3,(H,25,28). The monoisotopic (exact) mass is 411 g/mol. The number of aryl methyl sites for hydroxylation is 2. The number of carbonyl (C=O) groups is 1. The van der Waals surface area contributed by atoms with Gasteiger partial charge in [-0.05, 0) is 69.9 Å². The lowest BCUT2D eigenvalue weighted by Gasteiger charge is -2.25. The first-order chi connectivity index (χ1) is 14.3. The SMILES string of the molecule is Cc1noc(C)c1COc1ccc(C(=O)NCC(c2cccc(F)c2)N(C)C)cc1. The van der Waals surface area contributed by atoms with E-state index in [0.717, 1.165) is 22.6 Å². The summed E-state index contributed by atoms with van der Waals surface area (Å²) in [5.74, 6) is 0.892. The molecule has 6 nitrogen and oxygen atoms in total. The Kier molecular flexibility index (Phi) is 6.84. The van der Waals surface area contributed by atoms with E-state index in [-0.39, 0.29) is 17.8 Å². The highest BCUT2D eigenvalue weighted by atomic mass is 19.1. The minimum atomic E-state index is -0.294. The van der Waals surface area contributed by atoms with Crippen LogP contribution < -0.4 is 10.1 Å². The van der Waals surface area contributed by atoms with E-state index >= 15 is 0 Å². The van der Waals surface area contributed by atoms with Gasteiger partial charge in [0.1, 0.15) is 23.9 Å². The summed E-state index contributed by atoms with van der Waals surface area (Å²) in [6.45, 7) is 4.43. The van der Waals surface area contributed by atoms with Crippen molar-refractivity contribution in [3.63, 3.8) is 0 Å². The molecule has 2 aromatic carbocycles. The van der Waals surface area contributed by atoms with Crippen molar-refractivity contribution in [1.29, 1.82) is 0 Å². The Bertz CT molecular complexity index is 980. The number of halogens is 1. The molecule has 0 aliphatic heterocycles. The van der Waals surface area contributed by atoms with Gasteiger partial charge in [-0.25, -0.2) is 4.39 Å². The van der Waals surface area contributed by atoms with Gasteiger partial charge < -0.3 is 19.5 Å². The predicted octanol–water partition coefficient (Wildman–Crippen LogP) is 4.04. The molecule has 0 spiro atoms. The van der Waals surface area contributed by atoms with Gasteiger partial charge in [0.15, 0.2) is 0 Å². The zero-order valence-electron chi connectivity index (χ0n) is 17.6. The fourth-order valence-corrected chi connectivity index (χ4v) is 3.17. The zero-order chi connectivity index (χ0) is 21.7. The van der Waals surface area contributed by atoms with E-state index in [4.69, 9.17) is 9.26 Å². The normalized spacial score (nSPS) is 12.1. The molecule has 1 aromatic heterocycles. The fraction of sp³-hybridized carbons (Fsp3) is 0.304. The van der Waals surface area contributed by atoms with Crippen molar-refractivity contribution >= 4 is 5.91 Å². The molecule has 0 saturated heterocycles. The zero-order valence-corrected chi connectivity index (χ0v) is 17.6. The lowest BCUT2D eigenvalue weighted by molar-refractivity contribution is 0.0942. The Balaban J connectivity index is 1.58. The van der Waals surface area contributed by atoms with Gasteiger partial charge >= 0.3 is 0 Å². The molecule has 1 heterocycles. The number of carbonyl (C=O) groups excluding carboxylic acids is 1. The number of amides is 1. The van der Waals surface area contributed by atoms with Crippen molar-refractivity contribution < 1.29 is 18.4 Å². The van der Waals surface area contributed by atoms with Gasteiger partial charge in [0.25, 0.3) is 5.91 Å². The molecule has 7 heteroatoms. The van der Waals surface area contributed by atoms with E-state index in [0.29, 0.717) is 24.5 Å². The van der Waals surface area contributed by atoms with Crippen LogP contribution in [0.3, 0.4) is 0 Å². The Morgan fingerprint density at radius 3 is 2.53 bits per heavy atom. The number of hydrogen-bond acceptors (Lipinski definition) is 5. The van der Waals surface area contributed by atoms with Crippen LogP contribution in [0, 0.1) is 19.7 Å². The summed E-state index contributed by atoms with van der Waals surface area (Å²) in [6, 6.07) is 13.2. The van der Waals surface area contributed by atoms with E-state index in [2.05, 4.69) is 10.5 Å². The van der Waals surface area contributed by atoms with Crippen molar-refractivity contribution in [1.82, 2.24) is 15.4 Å². The molecule has 1 unspecified atom stereocenters. The maximum absolute atomic E-state index is 13.6. The first-order valence-corrected chi connectivity index (χ1v) is 9.70. The summed E-state index contributed by atoms with van der Waals surface area (Å²) < 4.78 is 24.5. The van der Waals surface area contributed by atoms with E-state index in [1.807, 2.05) is 38.9 Å². The van der Waals surface area contributed by atoms with E-state index < -0.39 is 0 Å². The van der Waals surface area contributed by atoms with Crippen LogP contribution in [0.1, 0.15) is 39.0 Å². The van der Waals surface area contributed by atoms with Gasteiger partial charge in [-0.1, -0.05) is 17.3 Å². The second kappa shape index (κ2) is 9.54. The fourth-order valence-electron chi connectivity index (χ4n) is 3.17. The molecule has 0 aliphatic carbocycles. The maximum Gasteiger partial charge on any atom is 0.251 e. The summed E-state index contributed by atoms with van der Waals surface area (Å²) in [5.41, 5.74) is 3.06. The maximum atomic E-state index is 13.6. The topological polar surface area (TPSA) is 67.6 Å².